The highest BCUT2D eigenvalue weighted by Crippen LogP contribution is 2.12. The molecule has 0 radical (unpaired) electrons. The zero-order chi connectivity index (χ0) is 13.5. The Morgan fingerprint density at radius 1 is 1.50 bits per heavy atom. The van der Waals surface area contributed by atoms with E-state index in [-0.39, 0.29) is 11.8 Å². The summed E-state index contributed by atoms with van der Waals surface area (Å²) in [6.45, 7) is 4.22. The van der Waals surface area contributed by atoms with Crippen LogP contribution in [0, 0.1) is 0 Å². The van der Waals surface area contributed by atoms with Gasteiger partial charge in [0.25, 0.3) is 5.91 Å². The minimum Gasteiger partial charge on any atom is -0.354 e. The highest BCUT2D eigenvalue weighted by molar-refractivity contribution is 9.10. The molecule has 1 aromatic heterocycles. The molecule has 0 aliphatic carbocycles. The topological polar surface area (TPSA) is 71.1 Å². The molecule has 0 aromatic carbocycles. The van der Waals surface area contributed by atoms with Crippen molar-refractivity contribution in [2.24, 2.45) is 0 Å². The number of nitrogens with zero attached hydrogens (tertiary/aromatic N) is 1. The number of aromatic nitrogens is 1. The van der Waals surface area contributed by atoms with Gasteiger partial charge in [-0.2, -0.15) is 0 Å². The van der Waals surface area contributed by atoms with Crippen LogP contribution >= 0.6 is 15.9 Å². The maximum atomic E-state index is 11.9. The van der Waals surface area contributed by atoms with E-state index in [2.05, 4.69) is 31.5 Å². The van der Waals surface area contributed by atoms with Crippen LogP contribution in [-0.4, -0.2) is 29.4 Å². The van der Waals surface area contributed by atoms with Gasteiger partial charge in [-0.1, -0.05) is 6.92 Å². The number of rotatable bonds is 5. The molecule has 98 valence electrons. The van der Waals surface area contributed by atoms with Gasteiger partial charge in [-0.25, -0.2) is 4.98 Å². The molecule has 0 aliphatic rings. The summed E-state index contributed by atoms with van der Waals surface area (Å²) in [5.41, 5.74) is 0.410. The third-order valence-electron chi connectivity index (χ3n) is 2.29. The number of hydrogen-bond donors (Lipinski definition) is 2. The number of pyridine rings is 1. The van der Waals surface area contributed by atoms with Crippen LogP contribution in [0.3, 0.4) is 0 Å². The molecular formula is C12H16BrN3O2. The van der Waals surface area contributed by atoms with Gasteiger partial charge in [0, 0.05) is 12.7 Å². The van der Waals surface area contributed by atoms with Gasteiger partial charge < -0.3 is 10.6 Å². The summed E-state index contributed by atoms with van der Waals surface area (Å²) in [4.78, 5) is 27.5. The first-order chi connectivity index (χ1) is 8.56. The molecule has 0 bridgehead atoms. The Morgan fingerprint density at radius 2 is 2.22 bits per heavy atom. The number of nitrogens with one attached hydrogen (secondary N) is 2. The van der Waals surface area contributed by atoms with E-state index in [0.717, 1.165) is 6.42 Å². The maximum absolute atomic E-state index is 11.9. The lowest BCUT2D eigenvalue weighted by molar-refractivity contribution is -0.122. The summed E-state index contributed by atoms with van der Waals surface area (Å²) in [5, 5.41) is 5.35. The van der Waals surface area contributed by atoms with Crippen molar-refractivity contribution in [3.8, 4) is 0 Å². The molecule has 0 aliphatic heterocycles. The second kappa shape index (κ2) is 7.10. The fraction of sp³-hybridized carbons (Fsp3) is 0.417. The predicted molar refractivity (Wildman–Crippen MR) is 72.2 cm³/mol. The monoisotopic (exact) mass is 313 g/mol. The summed E-state index contributed by atoms with van der Waals surface area (Å²) in [7, 11) is 0. The molecule has 0 saturated carbocycles. The molecule has 1 unspecified atom stereocenters. The molecule has 1 rings (SSSR count). The van der Waals surface area contributed by atoms with Gasteiger partial charge in [-0.05, 0) is 41.4 Å². The van der Waals surface area contributed by atoms with Gasteiger partial charge in [-0.3, -0.25) is 9.59 Å². The Bertz CT molecular complexity index is 437. The molecular weight excluding hydrogens is 298 g/mol. The first kappa shape index (κ1) is 14.6. The highest BCUT2D eigenvalue weighted by atomic mass is 79.9. The van der Waals surface area contributed by atoms with Crippen LogP contribution in [0.1, 0.15) is 30.6 Å². The average Bonchev–Trinajstić information content (AvgIpc) is 2.36. The molecule has 2 N–H and O–H groups in total. The number of hydrogen-bond acceptors (Lipinski definition) is 3. The van der Waals surface area contributed by atoms with E-state index >= 15 is 0 Å². The van der Waals surface area contributed by atoms with E-state index in [1.165, 1.54) is 0 Å². The summed E-state index contributed by atoms with van der Waals surface area (Å²) in [6, 6.07) is 2.74. The molecule has 5 nitrogen and oxygen atoms in total. The lowest BCUT2D eigenvalue weighted by Gasteiger charge is -2.14. The van der Waals surface area contributed by atoms with E-state index in [1.54, 1.807) is 25.3 Å². The fourth-order valence-electron chi connectivity index (χ4n) is 1.30. The molecule has 0 saturated heterocycles. The third kappa shape index (κ3) is 4.10. The summed E-state index contributed by atoms with van der Waals surface area (Å²) in [5.74, 6) is -0.515. The normalized spacial score (nSPS) is 11.7. The van der Waals surface area contributed by atoms with Crippen LogP contribution in [0.5, 0.6) is 0 Å². The summed E-state index contributed by atoms with van der Waals surface area (Å²) in [6.07, 6.45) is 2.44. The van der Waals surface area contributed by atoms with Gasteiger partial charge >= 0.3 is 0 Å². The SMILES string of the molecule is CCCNC(=O)C(C)NC(=O)c1cccnc1Br. The smallest absolute Gasteiger partial charge is 0.254 e. The molecule has 1 heterocycles. The van der Waals surface area contributed by atoms with E-state index in [9.17, 15) is 9.59 Å². The van der Waals surface area contributed by atoms with E-state index in [0.29, 0.717) is 16.7 Å². The van der Waals surface area contributed by atoms with Crippen molar-refractivity contribution in [3.63, 3.8) is 0 Å². The Hall–Kier alpha value is -1.43. The van der Waals surface area contributed by atoms with Crippen molar-refractivity contribution in [2.75, 3.05) is 6.54 Å². The molecule has 1 aromatic rings. The maximum Gasteiger partial charge on any atom is 0.254 e. The number of carbonyl (C=O) groups is 2. The lowest BCUT2D eigenvalue weighted by Crippen LogP contribution is -2.45. The zero-order valence-electron chi connectivity index (χ0n) is 10.4. The van der Waals surface area contributed by atoms with Gasteiger partial charge in [0.1, 0.15) is 10.6 Å². The zero-order valence-corrected chi connectivity index (χ0v) is 12.0. The lowest BCUT2D eigenvalue weighted by atomic mass is 10.2. The predicted octanol–water partition coefficient (Wildman–Crippen LogP) is 1.49. The van der Waals surface area contributed by atoms with Crippen LogP contribution in [0.4, 0.5) is 0 Å². The Balaban J connectivity index is 2.60. The highest BCUT2D eigenvalue weighted by Gasteiger charge is 2.17. The van der Waals surface area contributed by atoms with E-state index in [1.807, 2.05) is 6.92 Å². The fourth-order valence-corrected chi connectivity index (χ4v) is 1.73. The Morgan fingerprint density at radius 3 is 2.83 bits per heavy atom. The quantitative estimate of drug-likeness (QED) is 0.809. The first-order valence-corrected chi connectivity index (χ1v) is 6.54. The Kier molecular flexibility index (Phi) is 5.77. The van der Waals surface area contributed by atoms with Crippen molar-refractivity contribution >= 4 is 27.7 Å². The first-order valence-electron chi connectivity index (χ1n) is 5.75. The van der Waals surface area contributed by atoms with Crippen LogP contribution in [0.25, 0.3) is 0 Å². The van der Waals surface area contributed by atoms with Crippen LogP contribution in [-0.2, 0) is 4.79 Å². The van der Waals surface area contributed by atoms with E-state index in [4.69, 9.17) is 0 Å². The van der Waals surface area contributed by atoms with Crippen LogP contribution in [0.15, 0.2) is 22.9 Å². The van der Waals surface area contributed by atoms with Crippen molar-refractivity contribution in [2.45, 2.75) is 26.3 Å². The molecule has 18 heavy (non-hydrogen) atoms. The van der Waals surface area contributed by atoms with Crippen molar-refractivity contribution < 1.29 is 9.59 Å². The van der Waals surface area contributed by atoms with Crippen molar-refractivity contribution in [3.05, 3.63) is 28.5 Å². The van der Waals surface area contributed by atoms with E-state index < -0.39 is 6.04 Å². The number of carbonyl (C=O) groups excluding carboxylic acids is 2. The molecule has 2 amide bonds. The minimum atomic E-state index is -0.573. The van der Waals surface area contributed by atoms with Crippen molar-refractivity contribution in [1.82, 2.24) is 15.6 Å². The molecule has 0 fully saturated rings. The number of halogens is 1. The van der Waals surface area contributed by atoms with Gasteiger partial charge in [-0.15, -0.1) is 0 Å². The van der Waals surface area contributed by atoms with Gasteiger partial charge in [0.2, 0.25) is 5.91 Å². The average molecular weight is 314 g/mol. The third-order valence-corrected chi connectivity index (χ3v) is 2.93. The molecule has 0 spiro atoms. The van der Waals surface area contributed by atoms with Crippen LogP contribution < -0.4 is 10.6 Å². The second-order valence-corrected chi connectivity index (χ2v) is 4.58. The summed E-state index contributed by atoms with van der Waals surface area (Å²) < 4.78 is 0.462. The largest absolute Gasteiger partial charge is 0.354 e. The van der Waals surface area contributed by atoms with Crippen molar-refractivity contribution in [1.29, 1.82) is 0 Å². The van der Waals surface area contributed by atoms with Gasteiger partial charge in [0.05, 0.1) is 5.56 Å². The Labute approximate surface area is 114 Å². The van der Waals surface area contributed by atoms with Crippen LogP contribution in [0.2, 0.25) is 0 Å². The minimum absolute atomic E-state index is 0.190. The standard InChI is InChI=1S/C12H16BrN3O2/c1-3-6-15-11(17)8(2)16-12(18)9-5-4-7-14-10(9)13/h4-5,7-8H,3,6H2,1-2H3,(H,15,17)(H,16,18). The van der Waals surface area contributed by atoms with Gasteiger partial charge in [0.15, 0.2) is 0 Å². The molecule has 1 atom stereocenters. The second-order valence-electron chi connectivity index (χ2n) is 3.83. The number of amides is 2. The molecule has 6 heteroatoms. The summed E-state index contributed by atoms with van der Waals surface area (Å²) >= 11 is 3.19.